The molecule has 148 valence electrons. The van der Waals surface area contributed by atoms with Crippen molar-refractivity contribution >= 4 is 17.5 Å². The van der Waals surface area contributed by atoms with Crippen LogP contribution in [0, 0.1) is 0 Å². The minimum atomic E-state index is -0.00553. The highest BCUT2D eigenvalue weighted by atomic mass is 16.5. The number of ether oxygens (including phenoxy) is 1. The molecule has 1 fully saturated rings. The van der Waals surface area contributed by atoms with Gasteiger partial charge in [0.15, 0.2) is 0 Å². The number of rotatable bonds is 8. The van der Waals surface area contributed by atoms with Crippen LogP contribution in [0.5, 0.6) is 0 Å². The Kier molecular flexibility index (Phi) is 7.20. The average Bonchev–Trinajstić information content (AvgIpc) is 3.25. The first-order valence-electron chi connectivity index (χ1n) is 9.97. The summed E-state index contributed by atoms with van der Waals surface area (Å²) in [4.78, 5) is 26.4. The zero-order valence-corrected chi connectivity index (χ0v) is 16.4. The van der Waals surface area contributed by atoms with Crippen LogP contribution in [-0.4, -0.2) is 31.1 Å². The SMILES string of the molecule is CCC(=O)N(Cc1ccccc1)c1ccc(CC(=O)NCC2CCCO2)cc1. The minimum Gasteiger partial charge on any atom is -0.376 e. The van der Waals surface area contributed by atoms with Crippen molar-refractivity contribution in [3.8, 4) is 0 Å². The van der Waals surface area contributed by atoms with Crippen LogP contribution < -0.4 is 10.2 Å². The summed E-state index contributed by atoms with van der Waals surface area (Å²) in [6, 6.07) is 17.6. The fourth-order valence-corrected chi connectivity index (χ4v) is 3.35. The lowest BCUT2D eigenvalue weighted by molar-refractivity contribution is -0.121. The Balaban J connectivity index is 1.60. The molecule has 5 nitrogen and oxygen atoms in total. The molecule has 1 saturated heterocycles. The van der Waals surface area contributed by atoms with E-state index in [0.29, 0.717) is 25.9 Å². The van der Waals surface area contributed by atoms with Gasteiger partial charge in [-0.25, -0.2) is 0 Å². The van der Waals surface area contributed by atoms with Crippen LogP contribution in [0.25, 0.3) is 0 Å². The average molecular weight is 380 g/mol. The summed E-state index contributed by atoms with van der Waals surface area (Å²) in [6.07, 6.45) is 3.00. The predicted molar refractivity (Wildman–Crippen MR) is 110 cm³/mol. The van der Waals surface area contributed by atoms with Crippen LogP contribution in [0.3, 0.4) is 0 Å². The van der Waals surface area contributed by atoms with Gasteiger partial charge in [0.2, 0.25) is 11.8 Å². The first kappa shape index (κ1) is 20.1. The van der Waals surface area contributed by atoms with Crippen molar-refractivity contribution in [2.45, 2.75) is 45.3 Å². The summed E-state index contributed by atoms with van der Waals surface area (Å²) in [6.45, 7) is 3.77. The van der Waals surface area contributed by atoms with Gasteiger partial charge in [-0.2, -0.15) is 0 Å². The van der Waals surface area contributed by atoms with E-state index in [1.165, 1.54) is 0 Å². The largest absolute Gasteiger partial charge is 0.376 e. The molecule has 1 aliphatic heterocycles. The molecular formula is C23H28N2O3. The Morgan fingerprint density at radius 3 is 2.46 bits per heavy atom. The summed E-state index contributed by atoms with van der Waals surface area (Å²) in [5.74, 6) is 0.0694. The lowest BCUT2D eigenvalue weighted by Gasteiger charge is -2.23. The second-order valence-electron chi connectivity index (χ2n) is 7.10. The Morgan fingerprint density at radius 2 is 1.82 bits per heavy atom. The molecule has 1 N–H and O–H groups in total. The third kappa shape index (κ3) is 5.67. The Bertz CT molecular complexity index is 768. The molecule has 1 atom stereocenters. The van der Waals surface area contributed by atoms with Crippen molar-refractivity contribution in [3.05, 3.63) is 65.7 Å². The van der Waals surface area contributed by atoms with Gasteiger partial charge in [-0.15, -0.1) is 0 Å². The van der Waals surface area contributed by atoms with E-state index in [2.05, 4.69) is 5.32 Å². The Labute approximate surface area is 166 Å². The summed E-state index contributed by atoms with van der Waals surface area (Å²) in [5.41, 5.74) is 2.86. The van der Waals surface area contributed by atoms with Crippen molar-refractivity contribution in [2.75, 3.05) is 18.1 Å². The number of benzene rings is 2. The highest BCUT2D eigenvalue weighted by Gasteiger charge is 2.17. The first-order chi connectivity index (χ1) is 13.7. The number of nitrogens with zero attached hydrogens (tertiary/aromatic N) is 1. The van der Waals surface area contributed by atoms with Crippen LogP contribution in [0.15, 0.2) is 54.6 Å². The lowest BCUT2D eigenvalue weighted by Crippen LogP contribution is -2.32. The van der Waals surface area contributed by atoms with Gasteiger partial charge in [-0.05, 0) is 36.1 Å². The summed E-state index contributed by atoms with van der Waals surface area (Å²) in [5, 5.41) is 2.94. The maximum atomic E-state index is 12.4. The highest BCUT2D eigenvalue weighted by molar-refractivity contribution is 5.93. The van der Waals surface area contributed by atoms with Gasteiger partial charge in [0, 0.05) is 25.3 Å². The molecule has 0 saturated carbocycles. The fourth-order valence-electron chi connectivity index (χ4n) is 3.35. The van der Waals surface area contributed by atoms with Gasteiger partial charge in [0.05, 0.1) is 19.1 Å². The van der Waals surface area contributed by atoms with E-state index in [1.807, 2.05) is 61.5 Å². The van der Waals surface area contributed by atoms with Crippen molar-refractivity contribution < 1.29 is 14.3 Å². The molecule has 1 heterocycles. The molecule has 2 aromatic rings. The van der Waals surface area contributed by atoms with Crippen molar-refractivity contribution in [1.29, 1.82) is 0 Å². The zero-order chi connectivity index (χ0) is 19.8. The van der Waals surface area contributed by atoms with Gasteiger partial charge < -0.3 is 15.0 Å². The van der Waals surface area contributed by atoms with E-state index >= 15 is 0 Å². The molecule has 0 aliphatic carbocycles. The molecule has 0 spiro atoms. The van der Waals surface area contributed by atoms with E-state index in [0.717, 1.165) is 36.3 Å². The summed E-state index contributed by atoms with van der Waals surface area (Å²) < 4.78 is 5.53. The Morgan fingerprint density at radius 1 is 1.07 bits per heavy atom. The zero-order valence-electron chi connectivity index (χ0n) is 16.4. The van der Waals surface area contributed by atoms with Crippen LogP contribution in [0.1, 0.15) is 37.3 Å². The third-order valence-corrected chi connectivity index (χ3v) is 4.95. The second kappa shape index (κ2) is 10.0. The van der Waals surface area contributed by atoms with Crippen LogP contribution in [0.4, 0.5) is 5.69 Å². The van der Waals surface area contributed by atoms with E-state index < -0.39 is 0 Å². The molecule has 5 heteroatoms. The van der Waals surface area contributed by atoms with E-state index in [-0.39, 0.29) is 17.9 Å². The number of carbonyl (C=O) groups is 2. The maximum Gasteiger partial charge on any atom is 0.227 e. The van der Waals surface area contributed by atoms with E-state index in [1.54, 1.807) is 4.90 Å². The van der Waals surface area contributed by atoms with Crippen LogP contribution in [0.2, 0.25) is 0 Å². The molecule has 0 radical (unpaired) electrons. The molecule has 0 bridgehead atoms. The number of hydrogen-bond donors (Lipinski definition) is 1. The van der Waals surface area contributed by atoms with Gasteiger partial charge >= 0.3 is 0 Å². The molecule has 1 unspecified atom stereocenters. The molecule has 2 aromatic carbocycles. The van der Waals surface area contributed by atoms with Crippen molar-refractivity contribution in [3.63, 3.8) is 0 Å². The summed E-state index contributed by atoms with van der Waals surface area (Å²) in [7, 11) is 0. The molecule has 1 aliphatic rings. The van der Waals surface area contributed by atoms with Gasteiger partial charge in [-0.3, -0.25) is 9.59 Å². The third-order valence-electron chi connectivity index (χ3n) is 4.95. The number of hydrogen-bond acceptors (Lipinski definition) is 3. The minimum absolute atomic E-state index is 0.00553. The molecule has 28 heavy (non-hydrogen) atoms. The van der Waals surface area contributed by atoms with Crippen molar-refractivity contribution in [2.24, 2.45) is 0 Å². The predicted octanol–water partition coefficient (Wildman–Crippen LogP) is 3.47. The number of anilines is 1. The van der Waals surface area contributed by atoms with Gasteiger partial charge in [0.1, 0.15) is 0 Å². The molecule has 0 aromatic heterocycles. The number of nitrogens with one attached hydrogen (secondary N) is 1. The van der Waals surface area contributed by atoms with Gasteiger partial charge in [-0.1, -0.05) is 49.4 Å². The van der Waals surface area contributed by atoms with Crippen LogP contribution >= 0.6 is 0 Å². The summed E-state index contributed by atoms with van der Waals surface area (Å²) >= 11 is 0. The monoisotopic (exact) mass is 380 g/mol. The standard InChI is InChI=1S/C23H28N2O3/c1-2-23(27)25(17-19-7-4-3-5-8-19)20-12-10-18(11-13-20)15-22(26)24-16-21-9-6-14-28-21/h3-5,7-8,10-13,21H,2,6,9,14-17H2,1H3,(H,24,26). The molecule has 3 rings (SSSR count). The second-order valence-corrected chi connectivity index (χ2v) is 7.10. The van der Waals surface area contributed by atoms with Crippen LogP contribution in [-0.2, 0) is 27.3 Å². The van der Waals surface area contributed by atoms with Gasteiger partial charge in [0.25, 0.3) is 0 Å². The van der Waals surface area contributed by atoms with E-state index in [9.17, 15) is 9.59 Å². The first-order valence-corrected chi connectivity index (χ1v) is 9.97. The van der Waals surface area contributed by atoms with E-state index in [4.69, 9.17) is 4.74 Å². The molecular weight excluding hydrogens is 352 g/mol. The fraction of sp³-hybridized carbons (Fsp3) is 0.391. The number of amides is 2. The Hall–Kier alpha value is -2.66. The molecule has 2 amide bonds. The lowest BCUT2D eigenvalue weighted by atomic mass is 10.1. The smallest absolute Gasteiger partial charge is 0.227 e. The maximum absolute atomic E-state index is 12.4. The topological polar surface area (TPSA) is 58.6 Å². The normalized spacial score (nSPS) is 16.0. The highest BCUT2D eigenvalue weighted by Crippen LogP contribution is 2.20. The quantitative estimate of drug-likeness (QED) is 0.763. The van der Waals surface area contributed by atoms with Crippen molar-refractivity contribution in [1.82, 2.24) is 5.32 Å². The number of carbonyl (C=O) groups excluding carboxylic acids is 2.